The van der Waals surface area contributed by atoms with Gasteiger partial charge in [-0.25, -0.2) is 8.42 Å². The van der Waals surface area contributed by atoms with Crippen LogP contribution in [0.15, 0.2) is 0 Å². The van der Waals surface area contributed by atoms with Gasteiger partial charge < -0.3 is 10.5 Å². The fourth-order valence-corrected chi connectivity index (χ4v) is 2.35. The van der Waals surface area contributed by atoms with Gasteiger partial charge in [-0.15, -0.1) is 0 Å². The lowest BCUT2D eigenvalue weighted by Gasteiger charge is -2.34. The van der Waals surface area contributed by atoms with Gasteiger partial charge in [-0.05, 0) is 26.7 Å². The van der Waals surface area contributed by atoms with Crippen molar-refractivity contribution in [3.63, 3.8) is 0 Å². The van der Waals surface area contributed by atoms with Crippen molar-refractivity contribution in [3.05, 3.63) is 0 Å². The number of nitrogens with two attached hydrogens (primary N) is 1. The lowest BCUT2D eigenvalue weighted by atomic mass is 9.80. The number of carbonyl (C=O) groups excluding carboxylic acids is 1. The van der Waals surface area contributed by atoms with E-state index in [4.69, 9.17) is 10.5 Å². The lowest BCUT2D eigenvalue weighted by Crippen LogP contribution is -2.51. The van der Waals surface area contributed by atoms with Crippen LogP contribution < -0.4 is 10.5 Å². The maximum absolute atomic E-state index is 12.0. The van der Waals surface area contributed by atoms with Crippen LogP contribution in [0, 0.1) is 5.41 Å². The third-order valence-electron chi connectivity index (χ3n) is 3.18. The Balaban J connectivity index is 2.81. The average Bonchev–Trinajstić information content (AvgIpc) is 2.29. The van der Waals surface area contributed by atoms with Crippen LogP contribution in [0.4, 0.5) is 0 Å². The van der Waals surface area contributed by atoms with Crippen molar-refractivity contribution in [3.8, 4) is 0 Å². The van der Waals surface area contributed by atoms with E-state index in [1.807, 2.05) is 0 Å². The molecule has 0 aromatic heterocycles. The van der Waals surface area contributed by atoms with Crippen LogP contribution in [-0.4, -0.2) is 39.3 Å². The van der Waals surface area contributed by atoms with E-state index in [9.17, 15) is 13.2 Å². The summed E-state index contributed by atoms with van der Waals surface area (Å²) in [5, 5.41) is -0.638. The molecule has 17 heavy (non-hydrogen) atoms. The zero-order chi connectivity index (χ0) is 13.1. The summed E-state index contributed by atoms with van der Waals surface area (Å²) in [5.41, 5.74) is 4.82. The first-order chi connectivity index (χ1) is 7.84. The third-order valence-corrected chi connectivity index (χ3v) is 4.89. The van der Waals surface area contributed by atoms with Crippen LogP contribution in [0.5, 0.6) is 0 Å². The second kappa shape index (κ2) is 5.32. The molecule has 1 aliphatic heterocycles. The van der Waals surface area contributed by atoms with Crippen molar-refractivity contribution in [1.29, 1.82) is 0 Å². The van der Waals surface area contributed by atoms with Crippen LogP contribution in [0.3, 0.4) is 0 Å². The molecule has 1 aliphatic rings. The summed E-state index contributed by atoms with van der Waals surface area (Å²) in [6.45, 7) is 4.05. The van der Waals surface area contributed by atoms with E-state index in [0.29, 0.717) is 26.1 Å². The number of carbonyl (C=O) groups is 1. The molecule has 0 aromatic rings. The molecule has 7 heteroatoms. The second-order valence-corrected chi connectivity index (χ2v) is 6.86. The maximum atomic E-state index is 12.0. The Hall–Kier alpha value is -0.660. The predicted molar refractivity (Wildman–Crippen MR) is 63.7 cm³/mol. The van der Waals surface area contributed by atoms with E-state index < -0.39 is 26.6 Å². The molecular weight excluding hydrogens is 244 g/mol. The number of hydrogen-bond donors (Lipinski definition) is 2. The van der Waals surface area contributed by atoms with Crippen LogP contribution >= 0.6 is 0 Å². The monoisotopic (exact) mass is 264 g/mol. The Kier molecular flexibility index (Phi) is 4.51. The SMILES string of the molecule is CC(C)S(=O)(=O)NC(=O)C1(CN)CCOCC1. The van der Waals surface area contributed by atoms with Crippen molar-refractivity contribution in [2.75, 3.05) is 19.8 Å². The normalized spacial score (nSPS) is 20.2. The van der Waals surface area contributed by atoms with E-state index in [0.717, 1.165) is 0 Å². The maximum Gasteiger partial charge on any atom is 0.241 e. The molecule has 0 aliphatic carbocycles. The topological polar surface area (TPSA) is 98.5 Å². The molecule has 0 radical (unpaired) electrons. The molecule has 6 nitrogen and oxygen atoms in total. The van der Waals surface area contributed by atoms with Crippen molar-refractivity contribution in [1.82, 2.24) is 4.72 Å². The molecule has 1 saturated heterocycles. The van der Waals surface area contributed by atoms with Crippen LogP contribution in [0.1, 0.15) is 26.7 Å². The van der Waals surface area contributed by atoms with E-state index in [1.165, 1.54) is 13.8 Å². The second-order valence-electron chi connectivity index (χ2n) is 4.62. The minimum Gasteiger partial charge on any atom is -0.381 e. The number of rotatable bonds is 4. The molecule has 3 N–H and O–H groups in total. The van der Waals surface area contributed by atoms with Gasteiger partial charge in [0, 0.05) is 19.8 Å². The Labute approximate surface area is 102 Å². The van der Waals surface area contributed by atoms with Crippen LogP contribution in [0.25, 0.3) is 0 Å². The van der Waals surface area contributed by atoms with Crippen molar-refractivity contribution >= 4 is 15.9 Å². The van der Waals surface area contributed by atoms with Gasteiger partial charge in [0.15, 0.2) is 0 Å². The molecule has 100 valence electrons. The molecule has 0 saturated carbocycles. The summed E-state index contributed by atoms with van der Waals surface area (Å²) in [6.07, 6.45) is 0.923. The number of ether oxygens (including phenoxy) is 1. The van der Waals surface area contributed by atoms with Gasteiger partial charge in [-0.3, -0.25) is 9.52 Å². The molecule has 1 fully saturated rings. The Morgan fingerprint density at radius 1 is 1.41 bits per heavy atom. The van der Waals surface area contributed by atoms with E-state index in [-0.39, 0.29) is 6.54 Å². The lowest BCUT2D eigenvalue weighted by molar-refractivity contribution is -0.133. The van der Waals surface area contributed by atoms with Gasteiger partial charge in [0.2, 0.25) is 15.9 Å². The van der Waals surface area contributed by atoms with E-state index >= 15 is 0 Å². The highest BCUT2D eigenvalue weighted by Gasteiger charge is 2.40. The first-order valence-corrected chi connectivity index (χ1v) is 7.22. The van der Waals surface area contributed by atoms with Gasteiger partial charge in [0.25, 0.3) is 0 Å². The average molecular weight is 264 g/mol. The third kappa shape index (κ3) is 3.17. The number of nitrogens with one attached hydrogen (secondary N) is 1. The van der Waals surface area contributed by atoms with Crippen LogP contribution in [-0.2, 0) is 19.6 Å². The molecule has 0 atom stereocenters. The number of sulfonamides is 1. The van der Waals surface area contributed by atoms with Crippen LogP contribution in [0.2, 0.25) is 0 Å². The number of amides is 1. The van der Waals surface area contributed by atoms with Crippen molar-refractivity contribution in [2.24, 2.45) is 11.1 Å². The summed E-state index contributed by atoms with van der Waals surface area (Å²) in [4.78, 5) is 12.0. The zero-order valence-corrected chi connectivity index (χ0v) is 11.0. The molecule has 1 amide bonds. The van der Waals surface area contributed by atoms with Gasteiger partial charge in [-0.2, -0.15) is 0 Å². The Bertz CT molecular complexity index is 372. The summed E-state index contributed by atoms with van der Waals surface area (Å²) >= 11 is 0. The number of hydrogen-bond acceptors (Lipinski definition) is 5. The fourth-order valence-electron chi connectivity index (χ4n) is 1.64. The van der Waals surface area contributed by atoms with Crippen molar-refractivity contribution < 1.29 is 17.9 Å². The molecule has 0 aromatic carbocycles. The highest BCUT2D eigenvalue weighted by molar-refractivity contribution is 7.90. The molecular formula is C10H20N2O4S. The quantitative estimate of drug-likeness (QED) is 0.719. The summed E-state index contributed by atoms with van der Waals surface area (Å²) in [7, 11) is -3.59. The minimum atomic E-state index is -3.59. The predicted octanol–water partition coefficient (Wildman–Crippen LogP) is -0.404. The minimum absolute atomic E-state index is 0.135. The summed E-state index contributed by atoms with van der Waals surface area (Å²) in [6, 6.07) is 0. The summed E-state index contributed by atoms with van der Waals surface area (Å²) < 4.78 is 30.6. The van der Waals surface area contributed by atoms with Gasteiger partial charge in [0.05, 0.1) is 10.7 Å². The van der Waals surface area contributed by atoms with Gasteiger partial charge in [0.1, 0.15) is 0 Å². The molecule has 0 unspecified atom stereocenters. The smallest absolute Gasteiger partial charge is 0.241 e. The zero-order valence-electron chi connectivity index (χ0n) is 10.2. The Morgan fingerprint density at radius 2 is 1.94 bits per heavy atom. The highest BCUT2D eigenvalue weighted by Crippen LogP contribution is 2.29. The first-order valence-electron chi connectivity index (χ1n) is 5.68. The fraction of sp³-hybridized carbons (Fsp3) is 0.900. The van der Waals surface area contributed by atoms with E-state index in [1.54, 1.807) is 0 Å². The standard InChI is InChI=1S/C10H20N2O4S/c1-8(2)17(14,15)12-9(13)10(7-11)3-5-16-6-4-10/h8H,3-7,11H2,1-2H3,(H,12,13). The Morgan fingerprint density at radius 3 is 2.35 bits per heavy atom. The van der Waals surface area contributed by atoms with Gasteiger partial charge >= 0.3 is 0 Å². The first kappa shape index (κ1) is 14.4. The molecule has 1 heterocycles. The molecule has 0 spiro atoms. The highest BCUT2D eigenvalue weighted by atomic mass is 32.2. The van der Waals surface area contributed by atoms with Crippen molar-refractivity contribution in [2.45, 2.75) is 31.9 Å². The molecule has 1 rings (SSSR count). The van der Waals surface area contributed by atoms with Gasteiger partial charge in [-0.1, -0.05) is 0 Å². The summed E-state index contributed by atoms with van der Waals surface area (Å²) in [5.74, 6) is -0.503. The largest absolute Gasteiger partial charge is 0.381 e. The van der Waals surface area contributed by atoms with E-state index in [2.05, 4.69) is 4.72 Å². The molecule has 0 bridgehead atoms.